The fourth-order valence-electron chi connectivity index (χ4n) is 2.09. The summed E-state index contributed by atoms with van der Waals surface area (Å²) in [4.78, 5) is 0. The van der Waals surface area contributed by atoms with Gasteiger partial charge in [-0.2, -0.15) is 0 Å². The topological polar surface area (TPSA) is 0 Å². The first-order chi connectivity index (χ1) is 6.92. The third-order valence-corrected chi connectivity index (χ3v) is 2.84. The van der Waals surface area contributed by atoms with E-state index in [0.717, 1.165) is 12.8 Å². The second-order valence-corrected chi connectivity index (χ2v) is 3.80. The van der Waals surface area contributed by atoms with Gasteiger partial charge in [0.05, 0.1) is 0 Å². The van der Waals surface area contributed by atoms with Crippen LogP contribution >= 0.6 is 0 Å². The van der Waals surface area contributed by atoms with Crippen molar-refractivity contribution in [1.29, 1.82) is 0 Å². The van der Waals surface area contributed by atoms with Crippen molar-refractivity contribution in [2.75, 3.05) is 0 Å². The van der Waals surface area contributed by atoms with Crippen LogP contribution in [0.3, 0.4) is 0 Å². The summed E-state index contributed by atoms with van der Waals surface area (Å²) in [5.74, 6) is 0.609. The van der Waals surface area contributed by atoms with E-state index in [1.807, 2.05) is 6.08 Å². The molecule has 72 valence electrons. The van der Waals surface area contributed by atoms with Crippen LogP contribution in [0, 0.1) is 0 Å². The van der Waals surface area contributed by atoms with Crippen molar-refractivity contribution < 1.29 is 0 Å². The van der Waals surface area contributed by atoms with E-state index in [9.17, 15) is 0 Å². The number of rotatable bonds is 3. The van der Waals surface area contributed by atoms with E-state index < -0.39 is 0 Å². The van der Waals surface area contributed by atoms with Crippen molar-refractivity contribution in [3.63, 3.8) is 0 Å². The largest absolute Gasteiger partial charge is 0.103 e. The lowest BCUT2D eigenvalue weighted by Crippen LogP contribution is -2.04. The van der Waals surface area contributed by atoms with Gasteiger partial charge in [-0.3, -0.25) is 0 Å². The highest BCUT2D eigenvalue weighted by Gasteiger charge is 2.13. The van der Waals surface area contributed by atoms with Gasteiger partial charge in [-0.25, -0.2) is 0 Å². The molecule has 0 nitrogen and oxygen atoms in total. The summed E-state index contributed by atoms with van der Waals surface area (Å²) in [7, 11) is 0. The van der Waals surface area contributed by atoms with E-state index in [2.05, 4.69) is 43.0 Å². The zero-order valence-corrected chi connectivity index (χ0v) is 8.45. The number of allylic oxidation sites excluding steroid dienone is 3. The molecule has 0 saturated heterocycles. The summed E-state index contributed by atoms with van der Waals surface area (Å²) >= 11 is 0. The van der Waals surface area contributed by atoms with Gasteiger partial charge in [-0.1, -0.05) is 42.5 Å². The molecule has 0 amide bonds. The van der Waals surface area contributed by atoms with E-state index in [0.29, 0.717) is 5.92 Å². The molecule has 0 bridgehead atoms. The molecule has 1 aromatic rings. The highest BCUT2D eigenvalue weighted by molar-refractivity contribution is 5.37. The van der Waals surface area contributed by atoms with Crippen molar-refractivity contribution >= 4 is 0 Å². The number of hydrogen-bond donors (Lipinski definition) is 0. The molecule has 1 aliphatic rings. The van der Waals surface area contributed by atoms with Crippen LogP contribution in [0.15, 0.2) is 49.1 Å². The van der Waals surface area contributed by atoms with Crippen LogP contribution in [0.5, 0.6) is 0 Å². The molecule has 0 heteroatoms. The molecule has 0 aliphatic heterocycles. The summed E-state index contributed by atoms with van der Waals surface area (Å²) in [6.07, 6.45) is 10.0. The zero-order chi connectivity index (χ0) is 9.80. The number of fused-ring (bicyclic) bond motifs is 1. The van der Waals surface area contributed by atoms with Crippen molar-refractivity contribution in [2.45, 2.75) is 25.2 Å². The minimum Gasteiger partial charge on any atom is -0.103 e. The summed E-state index contributed by atoms with van der Waals surface area (Å²) in [6.45, 7) is 3.78. The van der Waals surface area contributed by atoms with Gasteiger partial charge >= 0.3 is 0 Å². The van der Waals surface area contributed by atoms with E-state index in [1.165, 1.54) is 17.5 Å². The molecule has 0 saturated carbocycles. The highest BCUT2D eigenvalue weighted by atomic mass is 14.2. The minimum atomic E-state index is 0.609. The first-order valence-corrected chi connectivity index (χ1v) is 5.27. The van der Waals surface area contributed by atoms with Gasteiger partial charge in [0.25, 0.3) is 0 Å². The van der Waals surface area contributed by atoms with Crippen LogP contribution < -0.4 is 0 Å². The maximum Gasteiger partial charge on any atom is 0.00238 e. The quantitative estimate of drug-likeness (QED) is 0.626. The Kier molecular flexibility index (Phi) is 2.83. The summed E-state index contributed by atoms with van der Waals surface area (Å²) in [6, 6.07) is 8.76. The Morgan fingerprint density at radius 3 is 3.07 bits per heavy atom. The molecule has 0 heterocycles. The average Bonchev–Trinajstić information content (AvgIpc) is 2.26. The Hall–Kier alpha value is -1.30. The van der Waals surface area contributed by atoms with E-state index in [-0.39, 0.29) is 0 Å². The van der Waals surface area contributed by atoms with Gasteiger partial charge < -0.3 is 0 Å². The SMILES string of the molecule is C=CCCC1C=CCc2ccccc21. The van der Waals surface area contributed by atoms with Crippen molar-refractivity contribution in [1.82, 2.24) is 0 Å². The van der Waals surface area contributed by atoms with Crippen LogP contribution in [0.4, 0.5) is 0 Å². The fourth-order valence-corrected chi connectivity index (χ4v) is 2.09. The Balaban J connectivity index is 2.22. The first kappa shape index (κ1) is 9.26. The lowest BCUT2D eigenvalue weighted by molar-refractivity contribution is 0.732. The monoisotopic (exact) mass is 184 g/mol. The van der Waals surface area contributed by atoms with Crippen LogP contribution in [0.2, 0.25) is 0 Å². The van der Waals surface area contributed by atoms with Crippen LogP contribution in [-0.2, 0) is 6.42 Å². The second-order valence-electron chi connectivity index (χ2n) is 3.80. The predicted octanol–water partition coefficient (Wildman–Crippen LogP) is 3.85. The molecule has 1 aromatic carbocycles. The smallest absolute Gasteiger partial charge is 0.00238 e. The summed E-state index contributed by atoms with van der Waals surface area (Å²) in [5.41, 5.74) is 3.00. The van der Waals surface area contributed by atoms with Gasteiger partial charge in [0.2, 0.25) is 0 Å². The number of benzene rings is 1. The van der Waals surface area contributed by atoms with Crippen LogP contribution in [-0.4, -0.2) is 0 Å². The van der Waals surface area contributed by atoms with E-state index in [4.69, 9.17) is 0 Å². The second kappa shape index (κ2) is 4.28. The molecule has 0 radical (unpaired) electrons. The molecular weight excluding hydrogens is 168 g/mol. The van der Waals surface area contributed by atoms with Crippen LogP contribution in [0.1, 0.15) is 29.9 Å². The molecule has 1 atom stereocenters. The van der Waals surface area contributed by atoms with Crippen LogP contribution in [0.25, 0.3) is 0 Å². The minimum absolute atomic E-state index is 0.609. The molecule has 0 fully saturated rings. The van der Waals surface area contributed by atoms with E-state index in [1.54, 1.807) is 0 Å². The van der Waals surface area contributed by atoms with E-state index >= 15 is 0 Å². The van der Waals surface area contributed by atoms with Gasteiger partial charge in [0.1, 0.15) is 0 Å². The normalized spacial score (nSPS) is 19.0. The standard InChI is InChI=1S/C14H16/c1-2-3-7-12-9-6-10-13-8-4-5-11-14(12)13/h2,4-6,8-9,11-12H,1,3,7,10H2. The average molecular weight is 184 g/mol. The van der Waals surface area contributed by atoms with Gasteiger partial charge in [-0.15, -0.1) is 6.58 Å². The molecule has 0 N–H and O–H groups in total. The number of hydrogen-bond acceptors (Lipinski definition) is 0. The van der Waals surface area contributed by atoms with Crippen molar-refractivity contribution in [2.24, 2.45) is 0 Å². The Labute approximate surface area is 86.0 Å². The zero-order valence-electron chi connectivity index (χ0n) is 8.45. The lowest BCUT2D eigenvalue weighted by atomic mass is 9.85. The molecular formula is C14H16. The molecule has 2 rings (SSSR count). The Bertz CT molecular complexity index is 347. The fraction of sp³-hybridized carbons (Fsp3) is 0.286. The highest BCUT2D eigenvalue weighted by Crippen LogP contribution is 2.30. The lowest BCUT2D eigenvalue weighted by Gasteiger charge is -2.20. The first-order valence-electron chi connectivity index (χ1n) is 5.27. The maximum absolute atomic E-state index is 3.78. The molecule has 0 aromatic heterocycles. The Morgan fingerprint density at radius 2 is 2.21 bits per heavy atom. The van der Waals surface area contributed by atoms with Gasteiger partial charge in [0.15, 0.2) is 0 Å². The van der Waals surface area contributed by atoms with Crippen molar-refractivity contribution in [3.8, 4) is 0 Å². The third kappa shape index (κ3) is 1.79. The van der Waals surface area contributed by atoms with Gasteiger partial charge in [0, 0.05) is 5.92 Å². The molecule has 1 aliphatic carbocycles. The molecule has 0 spiro atoms. The van der Waals surface area contributed by atoms with Gasteiger partial charge in [-0.05, 0) is 30.4 Å². The molecule has 1 unspecified atom stereocenters. The third-order valence-electron chi connectivity index (χ3n) is 2.84. The van der Waals surface area contributed by atoms with Crippen molar-refractivity contribution in [3.05, 3.63) is 60.2 Å². The molecule has 14 heavy (non-hydrogen) atoms. The summed E-state index contributed by atoms with van der Waals surface area (Å²) < 4.78 is 0. The Morgan fingerprint density at radius 1 is 1.36 bits per heavy atom. The maximum atomic E-state index is 3.78. The summed E-state index contributed by atoms with van der Waals surface area (Å²) in [5, 5.41) is 0. The predicted molar refractivity (Wildman–Crippen MR) is 61.5 cm³/mol.